The van der Waals surface area contributed by atoms with Crippen LogP contribution in [-0.4, -0.2) is 20.5 Å². The molecule has 41 heavy (non-hydrogen) atoms. The quantitative estimate of drug-likeness (QED) is 0.170. The monoisotopic (exact) mass is 672 g/mol. The minimum atomic E-state index is -0.383. The molecule has 0 N–H and O–H groups in total. The summed E-state index contributed by atoms with van der Waals surface area (Å²) < 4.78 is 28.6. The largest absolute Gasteiger partial charge is 0.493 e. The fourth-order valence-corrected chi connectivity index (χ4v) is 6.55. The molecule has 1 unspecified atom stereocenters. The number of fused-ring (bicyclic) bond motifs is 5. The van der Waals surface area contributed by atoms with E-state index in [9.17, 15) is 0 Å². The molecule has 3 heterocycles. The topological polar surface area (TPSA) is 40.8 Å². The van der Waals surface area contributed by atoms with E-state index >= 15 is 0 Å². The number of benzene rings is 4. The zero-order chi connectivity index (χ0) is 28.1. The first-order valence-corrected chi connectivity index (χ1v) is 15.2. The van der Waals surface area contributed by atoms with Crippen LogP contribution in [0.1, 0.15) is 29.0 Å². The lowest BCUT2D eigenvalue weighted by atomic mass is 9.88. The van der Waals surface area contributed by atoms with Crippen LogP contribution in [-0.2, 0) is 13.0 Å². The summed E-state index contributed by atoms with van der Waals surface area (Å²) >= 11 is 7.14. The Morgan fingerprint density at radius 2 is 1.49 bits per heavy atom. The van der Waals surface area contributed by atoms with Crippen LogP contribution < -0.4 is 23.5 Å². The number of hydrogen-bond donors (Lipinski definition) is 0. The Morgan fingerprint density at radius 3 is 2.12 bits per heavy atom. The van der Waals surface area contributed by atoms with Gasteiger partial charge in [-0.05, 0) is 70.6 Å². The Morgan fingerprint density at radius 1 is 0.829 bits per heavy atom. The van der Waals surface area contributed by atoms with Crippen LogP contribution in [0.2, 0.25) is 0 Å². The molecule has 0 amide bonds. The molecule has 5 aromatic rings. The summed E-state index contributed by atoms with van der Waals surface area (Å²) in [7, 11) is 3.35. The molecule has 206 valence electrons. The van der Waals surface area contributed by atoms with Crippen molar-refractivity contribution in [2.24, 2.45) is 0 Å². The van der Waals surface area contributed by atoms with Crippen molar-refractivity contribution < 1.29 is 23.5 Å². The predicted octanol–water partition coefficient (Wildman–Crippen LogP) is 8.21. The molecule has 7 heteroatoms. The molecular formula is C34H28Br2NO4+. The second-order valence-electron chi connectivity index (χ2n) is 10.4. The van der Waals surface area contributed by atoms with E-state index in [4.69, 9.17) is 18.9 Å². The highest BCUT2D eigenvalue weighted by molar-refractivity contribution is 9.10. The third-order valence-corrected chi connectivity index (χ3v) is 9.12. The minimum Gasteiger partial charge on any atom is -0.493 e. The van der Waals surface area contributed by atoms with E-state index in [0.717, 1.165) is 61.4 Å². The van der Waals surface area contributed by atoms with E-state index in [1.54, 1.807) is 14.2 Å². The van der Waals surface area contributed by atoms with Gasteiger partial charge in [-0.2, -0.15) is 4.57 Å². The minimum absolute atomic E-state index is 0.125. The van der Waals surface area contributed by atoms with Gasteiger partial charge in [0, 0.05) is 33.8 Å². The van der Waals surface area contributed by atoms with Gasteiger partial charge in [-0.1, -0.05) is 56.1 Å². The van der Waals surface area contributed by atoms with E-state index in [0.29, 0.717) is 6.42 Å². The Bertz CT molecular complexity index is 1720. The van der Waals surface area contributed by atoms with Crippen molar-refractivity contribution in [2.75, 3.05) is 14.2 Å². The Hall–Kier alpha value is -3.55. The van der Waals surface area contributed by atoms with Crippen molar-refractivity contribution >= 4 is 42.6 Å². The highest BCUT2D eigenvalue weighted by Gasteiger charge is 2.33. The van der Waals surface area contributed by atoms with Gasteiger partial charge in [0.2, 0.25) is 12.0 Å². The molecular weight excluding hydrogens is 646 g/mol. The molecule has 0 aliphatic carbocycles. The van der Waals surface area contributed by atoms with Gasteiger partial charge in [0.25, 0.3) is 0 Å². The van der Waals surface area contributed by atoms with E-state index in [1.165, 1.54) is 22.3 Å². The summed E-state index contributed by atoms with van der Waals surface area (Å²) in [6.07, 6.45) is 3.39. The number of methoxy groups -OCH3 is 2. The molecule has 0 saturated carbocycles. The van der Waals surface area contributed by atoms with Crippen LogP contribution in [0, 0.1) is 0 Å². The van der Waals surface area contributed by atoms with Gasteiger partial charge in [-0.3, -0.25) is 0 Å². The van der Waals surface area contributed by atoms with Gasteiger partial charge in [0.05, 0.1) is 25.2 Å². The van der Waals surface area contributed by atoms with Crippen molar-refractivity contribution in [1.29, 1.82) is 0 Å². The molecule has 7 rings (SSSR count). The lowest BCUT2D eigenvalue weighted by Gasteiger charge is -2.21. The second kappa shape index (κ2) is 10.7. The zero-order valence-corrected chi connectivity index (χ0v) is 25.9. The number of rotatable bonds is 6. The van der Waals surface area contributed by atoms with Crippen LogP contribution in [0.25, 0.3) is 22.0 Å². The smallest absolute Gasteiger partial charge is 0.242 e. The number of pyridine rings is 1. The molecule has 0 fully saturated rings. The van der Waals surface area contributed by atoms with Crippen LogP contribution in [0.15, 0.2) is 94.0 Å². The number of halogens is 2. The van der Waals surface area contributed by atoms with Crippen LogP contribution in [0.5, 0.6) is 23.0 Å². The molecule has 0 saturated heterocycles. The van der Waals surface area contributed by atoms with Crippen LogP contribution >= 0.6 is 31.9 Å². The summed E-state index contributed by atoms with van der Waals surface area (Å²) in [6.45, 7) is 0.872. The molecule has 4 aromatic carbocycles. The number of aryl methyl sites for hydroxylation is 2. The summed E-state index contributed by atoms with van der Waals surface area (Å²) in [6, 6.07) is 27.6. The lowest BCUT2D eigenvalue weighted by molar-refractivity contribution is -0.686. The normalized spacial score (nSPS) is 15.1. The average Bonchev–Trinajstić information content (AvgIpc) is 3.39. The molecule has 1 atom stereocenters. The lowest BCUT2D eigenvalue weighted by Crippen LogP contribution is -2.40. The van der Waals surface area contributed by atoms with Gasteiger partial charge in [-0.15, -0.1) is 0 Å². The summed E-state index contributed by atoms with van der Waals surface area (Å²) in [5.41, 5.74) is 6.05. The number of aromatic nitrogens is 1. The first-order chi connectivity index (χ1) is 20.0. The molecule has 0 spiro atoms. The molecule has 0 radical (unpaired) electrons. The highest BCUT2D eigenvalue weighted by Crippen LogP contribution is 2.44. The molecule has 5 nitrogen and oxygen atoms in total. The Balaban J connectivity index is 1.21. The summed E-state index contributed by atoms with van der Waals surface area (Å²) in [5, 5.41) is 2.14. The van der Waals surface area contributed by atoms with Crippen molar-refractivity contribution in [3.8, 4) is 34.3 Å². The summed E-state index contributed by atoms with van der Waals surface area (Å²) in [5.74, 6) is 3.22. The van der Waals surface area contributed by atoms with Gasteiger partial charge >= 0.3 is 0 Å². The van der Waals surface area contributed by atoms with Crippen molar-refractivity contribution in [1.82, 2.24) is 0 Å². The predicted molar refractivity (Wildman–Crippen MR) is 166 cm³/mol. The maximum absolute atomic E-state index is 6.48. The molecule has 1 aromatic heterocycles. The fourth-order valence-electron chi connectivity index (χ4n) is 6.02. The third kappa shape index (κ3) is 4.85. The van der Waals surface area contributed by atoms with E-state index in [2.05, 4.69) is 115 Å². The molecule has 2 aliphatic rings. The van der Waals surface area contributed by atoms with Gasteiger partial charge in [-0.25, -0.2) is 0 Å². The number of ether oxygens (including phenoxy) is 4. The molecule has 0 bridgehead atoms. The SMILES string of the molecule is COc1ccc2cc3[n+](cc2c1OC)CCc1cc2c(cc1-3)OC(CC(c1ccc(Br)cc1)c1ccc(Br)cc1)O2. The van der Waals surface area contributed by atoms with E-state index in [1.807, 2.05) is 6.07 Å². The van der Waals surface area contributed by atoms with Crippen molar-refractivity contribution in [3.05, 3.63) is 111 Å². The van der Waals surface area contributed by atoms with Crippen LogP contribution in [0.4, 0.5) is 0 Å². The molecule has 2 aliphatic heterocycles. The van der Waals surface area contributed by atoms with Crippen molar-refractivity contribution in [3.63, 3.8) is 0 Å². The first kappa shape index (κ1) is 26.4. The Kier molecular flexibility index (Phi) is 6.87. The zero-order valence-electron chi connectivity index (χ0n) is 22.7. The van der Waals surface area contributed by atoms with Gasteiger partial charge in [0.15, 0.2) is 35.7 Å². The number of nitrogens with zero attached hydrogens (tertiary/aromatic N) is 1. The van der Waals surface area contributed by atoms with Gasteiger partial charge < -0.3 is 18.9 Å². The number of hydrogen-bond acceptors (Lipinski definition) is 4. The van der Waals surface area contributed by atoms with E-state index < -0.39 is 0 Å². The Labute approximate surface area is 255 Å². The maximum atomic E-state index is 6.48. The maximum Gasteiger partial charge on any atom is 0.242 e. The summed E-state index contributed by atoms with van der Waals surface area (Å²) in [4.78, 5) is 0. The van der Waals surface area contributed by atoms with E-state index in [-0.39, 0.29) is 12.2 Å². The highest BCUT2D eigenvalue weighted by atomic mass is 79.9. The standard InChI is InChI=1S/C34H28Br2NO4/c1-38-30-12-7-22-15-29-27-17-32-31(16-23(27)13-14-37(29)19-28(22)34(30)39-2)40-33(41-32)18-26(20-3-8-24(35)9-4-20)21-5-10-25(36)11-6-21/h3-12,15-17,19,26,33H,13-14,18H2,1-2H3/q+1. The fraction of sp³-hybridized carbons (Fsp3) is 0.206. The van der Waals surface area contributed by atoms with Crippen molar-refractivity contribution in [2.45, 2.75) is 31.6 Å². The first-order valence-electron chi connectivity index (χ1n) is 13.6. The average molecular weight is 674 g/mol. The van der Waals surface area contributed by atoms with Crippen LogP contribution in [0.3, 0.4) is 0 Å². The van der Waals surface area contributed by atoms with Gasteiger partial charge in [0.1, 0.15) is 0 Å². The third-order valence-electron chi connectivity index (χ3n) is 8.06. The second-order valence-corrected chi connectivity index (χ2v) is 12.3.